The molecular formula is C17H24N6O. The number of amides is 1. The molecule has 0 aromatic carbocycles. The maximum atomic E-state index is 12.7. The summed E-state index contributed by atoms with van der Waals surface area (Å²) in [5.74, 6) is 1.31. The zero-order valence-electron chi connectivity index (χ0n) is 14.3. The van der Waals surface area contributed by atoms with Gasteiger partial charge in [-0.15, -0.1) is 0 Å². The molecule has 1 aliphatic heterocycles. The molecule has 3 rings (SSSR count). The van der Waals surface area contributed by atoms with E-state index in [1.54, 1.807) is 23.3 Å². The van der Waals surface area contributed by atoms with Crippen molar-refractivity contribution in [1.82, 2.24) is 24.6 Å². The van der Waals surface area contributed by atoms with Crippen molar-refractivity contribution in [2.24, 2.45) is 5.92 Å². The molecule has 1 saturated heterocycles. The van der Waals surface area contributed by atoms with Crippen molar-refractivity contribution in [3.63, 3.8) is 0 Å². The summed E-state index contributed by atoms with van der Waals surface area (Å²) in [6.07, 6.45) is 9.87. The quantitative estimate of drug-likeness (QED) is 0.906. The summed E-state index contributed by atoms with van der Waals surface area (Å²) in [7, 11) is 1.86. The summed E-state index contributed by atoms with van der Waals surface area (Å²) >= 11 is 0. The maximum absolute atomic E-state index is 12.7. The van der Waals surface area contributed by atoms with Gasteiger partial charge in [0.25, 0.3) is 5.91 Å². The van der Waals surface area contributed by atoms with E-state index in [2.05, 4.69) is 20.4 Å². The molecule has 1 unspecified atom stereocenters. The smallest absolute Gasteiger partial charge is 0.257 e. The molecule has 1 amide bonds. The highest BCUT2D eigenvalue weighted by Crippen LogP contribution is 2.23. The minimum atomic E-state index is 0.0763. The second kappa shape index (κ2) is 7.42. The summed E-state index contributed by atoms with van der Waals surface area (Å²) in [6.45, 7) is 4.36. The van der Waals surface area contributed by atoms with Crippen LogP contribution in [0.3, 0.4) is 0 Å². The number of carbonyl (C=O) groups is 1. The van der Waals surface area contributed by atoms with Crippen molar-refractivity contribution in [1.29, 1.82) is 0 Å². The Bertz CT molecular complexity index is 698. The fourth-order valence-corrected chi connectivity index (χ4v) is 3.24. The molecule has 2 aromatic rings. The van der Waals surface area contributed by atoms with Gasteiger partial charge in [0.15, 0.2) is 0 Å². The van der Waals surface area contributed by atoms with Gasteiger partial charge < -0.3 is 10.2 Å². The van der Waals surface area contributed by atoms with Crippen LogP contribution >= 0.6 is 0 Å². The highest BCUT2D eigenvalue weighted by Gasteiger charge is 2.26. The lowest BCUT2D eigenvalue weighted by molar-refractivity contribution is 0.0673. The van der Waals surface area contributed by atoms with E-state index in [-0.39, 0.29) is 5.91 Å². The SMILES string of the molecule is CCn1cc(C(=O)N2CCCC(Cc3nccnc3NC)C2)cn1. The number of piperidine rings is 1. The number of hydrogen-bond donors (Lipinski definition) is 1. The molecule has 1 aliphatic rings. The van der Waals surface area contributed by atoms with E-state index in [0.717, 1.165) is 50.4 Å². The minimum absolute atomic E-state index is 0.0763. The van der Waals surface area contributed by atoms with Gasteiger partial charge in [-0.3, -0.25) is 14.5 Å². The monoisotopic (exact) mass is 328 g/mol. The molecule has 0 radical (unpaired) electrons. The van der Waals surface area contributed by atoms with Crippen molar-refractivity contribution in [3.05, 3.63) is 36.0 Å². The number of likely N-dealkylation sites (tertiary alicyclic amines) is 1. The van der Waals surface area contributed by atoms with E-state index in [4.69, 9.17) is 0 Å². The molecule has 0 spiro atoms. The summed E-state index contributed by atoms with van der Waals surface area (Å²) < 4.78 is 1.79. The lowest BCUT2D eigenvalue weighted by atomic mass is 9.93. The van der Waals surface area contributed by atoms with Gasteiger partial charge >= 0.3 is 0 Å². The molecule has 0 aliphatic carbocycles. The molecule has 3 heterocycles. The van der Waals surface area contributed by atoms with Gasteiger partial charge in [0.05, 0.1) is 17.5 Å². The predicted molar refractivity (Wildman–Crippen MR) is 91.8 cm³/mol. The zero-order chi connectivity index (χ0) is 16.9. The van der Waals surface area contributed by atoms with Crippen LogP contribution in [-0.2, 0) is 13.0 Å². The van der Waals surface area contributed by atoms with Crippen LogP contribution in [0.5, 0.6) is 0 Å². The van der Waals surface area contributed by atoms with Crippen molar-refractivity contribution in [2.45, 2.75) is 32.7 Å². The number of hydrogen-bond acceptors (Lipinski definition) is 5. The first-order valence-electron chi connectivity index (χ1n) is 8.50. The van der Waals surface area contributed by atoms with E-state index in [0.29, 0.717) is 11.5 Å². The highest BCUT2D eigenvalue weighted by molar-refractivity contribution is 5.93. The number of anilines is 1. The van der Waals surface area contributed by atoms with Crippen LogP contribution in [-0.4, -0.2) is 50.7 Å². The van der Waals surface area contributed by atoms with Gasteiger partial charge in [-0.05, 0) is 32.1 Å². The minimum Gasteiger partial charge on any atom is -0.372 e. The number of rotatable bonds is 5. The van der Waals surface area contributed by atoms with E-state index < -0.39 is 0 Å². The fourth-order valence-electron chi connectivity index (χ4n) is 3.24. The topological polar surface area (TPSA) is 75.9 Å². The third kappa shape index (κ3) is 3.55. The Morgan fingerprint density at radius 2 is 2.21 bits per heavy atom. The first kappa shape index (κ1) is 16.4. The van der Waals surface area contributed by atoms with Crippen molar-refractivity contribution in [3.8, 4) is 0 Å². The van der Waals surface area contributed by atoms with Crippen LogP contribution in [0.1, 0.15) is 35.8 Å². The molecule has 2 aromatic heterocycles. The second-order valence-electron chi connectivity index (χ2n) is 6.15. The molecule has 7 heteroatoms. The number of carbonyl (C=O) groups excluding carboxylic acids is 1. The Morgan fingerprint density at radius 1 is 1.38 bits per heavy atom. The molecule has 1 fully saturated rings. The predicted octanol–water partition coefficient (Wildman–Crippen LogP) is 1.83. The first-order chi connectivity index (χ1) is 11.7. The maximum Gasteiger partial charge on any atom is 0.257 e. The van der Waals surface area contributed by atoms with Crippen LogP contribution in [0.15, 0.2) is 24.8 Å². The Balaban J connectivity index is 1.66. The molecule has 0 saturated carbocycles. The Morgan fingerprint density at radius 3 is 2.96 bits per heavy atom. The van der Waals surface area contributed by atoms with Crippen LogP contribution in [0.4, 0.5) is 5.82 Å². The Hall–Kier alpha value is -2.44. The Kier molecular flexibility index (Phi) is 5.08. The van der Waals surface area contributed by atoms with Gasteiger partial charge in [0.2, 0.25) is 0 Å². The lowest BCUT2D eigenvalue weighted by Crippen LogP contribution is -2.40. The van der Waals surface area contributed by atoms with Crippen molar-refractivity contribution < 1.29 is 4.79 Å². The standard InChI is InChI=1S/C17H24N6O/c1-3-23-12-14(10-21-23)17(24)22-8-4-5-13(11-22)9-15-16(18-2)20-7-6-19-15/h6-7,10,12-13H,3-5,8-9,11H2,1-2H3,(H,18,20). The van der Waals surface area contributed by atoms with Gasteiger partial charge in [0, 0.05) is 45.3 Å². The zero-order valence-corrected chi connectivity index (χ0v) is 14.3. The number of aryl methyl sites for hydroxylation is 1. The van der Waals surface area contributed by atoms with E-state index in [9.17, 15) is 4.79 Å². The van der Waals surface area contributed by atoms with Crippen LogP contribution in [0.2, 0.25) is 0 Å². The average Bonchev–Trinajstić information content (AvgIpc) is 3.11. The highest BCUT2D eigenvalue weighted by atomic mass is 16.2. The number of nitrogens with zero attached hydrogens (tertiary/aromatic N) is 5. The molecule has 0 bridgehead atoms. The van der Waals surface area contributed by atoms with E-state index in [1.807, 2.05) is 25.1 Å². The third-order valence-electron chi connectivity index (χ3n) is 4.50. The molecule has 1 atom stereocenters. The summed E-state index contributed by atoms with van der Waals surface area (Å²) in [5.41, 5.74) is 1.64. The average molecular weight is 328 g/mol. The largest absolute Gasteiger partial charge is 0.372 e. The third-order valence-corrected chi connectivity index (χ3v) is 4.50. The van der Waals surface area contributed by atoms with Crippen molar-refractivity contribution in [2.75, 3.05) is 25.5 Å². The molecule has 24 heavy (non-hydrogen) atoms. The molecule has 7 nitrogen and oxygen atoms in total. The molecular weight excluding hydrogens is 304 g/mol. The molecule has 128 valence electrons. The molecule has 1 N–H and O–H groups in total. The van der Waals surface area contributed by atoms with Gasteiger partial charge in [-0.1, -0.05) is 0 Å². The second-order valence-corrected chi connectivity index (χ2v) is 6.15. The van der Waals surface area contributed by atoms with Crippen LogP contribution in [0.25, 0.3) is 0 Å². The van der Waals surface area contributed by atoms with E-state index >= 15 is 0 Å². The number of aromatic nitrogens is 4. The van der Waals surface area contributed by atoms with Crippen LogP contribution in [0, 0.1) is 5.92 Å². The Labute approximate surface area is 142 Å². The summed E-state index contributed by atoms with van der Waals surface area (Å²) in [4.78, 5) is 23.4. The fraction of sp³-hybridized carbons (Fsp3) is 0.529. The van der Waals surface area contributed by atoms with Gasteiger partial charge in [-0.25, -0.2) is 4.98 Å². The lowest BCUT2D eigenvalue weighted by Gasteiger charge is -2.32. The van der Waals surface area contributed by atoms with E-state index in [1.165, 1.54) is 0 Å². The number of nitrogens with one attached hydrogen (secondary N) is 1. The van der Waals surface area contributed by atoms with Gasteiger partial charge in [-0.2, -0.15) is 5.10 Å². The van der Waals surface area contributed by atoms with Gasteiger partial charge in [0.1, 0.15) is 5.82 Å². The summed E-state index contributed by atoms with van der Waals surface area (Å²) in [6, 6.07) is 0. The summed E-state index contributed by atoms with van der Waals surface area (Å²) in [5, 5.41) is 7.29. The van der Waals surface area contributed by atoms with Crippen molar-refractivity contribution >= 4 is 11.7 Å². The normalized spacial score (nSPS) is 17.8. The van der Waals surface area contributed by atoms with Crippen LogP contribution < -0.4 is 5.32 Å². The first-order valence-corrected chi connectivity index (χ1v) is 8.50.